The van der Waals surface area contributed by atoms with Crippen molar-refractivity contribution in [1.29, 1.82) is 0 Å². The van der Waals surface area contributed by atoms with Crippen LogP contribution in [0.15, 0.2) is 30.3 Å². The topological polar surface area (TPSA) is 78.4 Å². The van der Waals surface area contributed by atoms with Gasteiger partial charge in [-0.25, -0.2) is 0 Å². The molecule has 1 aliphatic carbocycles. The molecular weight excluding hydrogens is 292 g/mol. The van der Waals surface area contributed by atoms with Crippen LogP contribution in [-0.4, -0.2) is 29.6 Å². The maximum absolute atomic E-state index is 12.1. The Labute approximate surface area is 137 Å². The summed E-state index contributed by atoms with van der Waals surface area (Å²) in [5.41, 5.74) is 0.867. The van der Waals surface area contributed by atoms with Crippen LogP contribution in [0.2, 0.25) is 0 Å². The van der Waals surface area contributed by atoms with E-state index in [2.05, 4.69) is 10.6 Å². The third kappa shape index (κ3) is 5.36. The first-order valence-electron chi connectivity index (χ1n) is 8.35. The second kappa shape index (κ2) is 8.67. The Balaban J connectivity index is 1.79. The summed E-state index contributed by atoms with van der Waals surface area (Å²) in [7, 11) is 0. The summed E-state index contributed by atoms with van der Waals surface area (Å²) in [6.07, 6.45) is 4.34. The molecular formula is C18H26N2O3. The van der Waals surface area contributed by atoms with Crippen LogP contribution in [0, 0.1) is 5.92 Å². The third-order valence-corrected chi connectivity index (χ3v) is 4.33. The van der Waals surface area contributed by atoms with Crippen molar-refractivity contribution in [1.82, 2.24) is 10.6 Å². The molecule has 0 bridgehead atoms. The minimum Gasteiger partial charge on any atom is -0.394 e. The Kier molecular flexibility index (Phi) is 6.59. The van der Waals surface area contributed by atoms with Gasteiger partial charge in [-0.2, -0.15) is 0 Å². The number of carbonyl (C=O) groups is 2. The molecule has 2 unspecified atom stereocenters. The van der Waals surface area contributed by atoms with Crippen molar-refractivity contribution in [2.75, 3.05) is 6.61 Å². The number of aliphatic hydroxyl groups is 1. The monoisotopic (exact) mass is 318 g/mol. The van der Waals surface area contributed by atoms with E-state index in [0.29, 0.717) is 0 Å². The first kappa shape index (κ1) is 17.5. The second-order valence-corrected chi connectivity index (χ2v) is 6.31. The molecule has 0 spiro atoms. The maximum atomic E-state index is 12.1. The highest BCUT2D eigenvalue weighted by Gasteiger charge is 2.24. The zero-order valence-electron chi connectivity index (χ0n) is 13.6. The molecule has 1 fully saturated rings. The van der Waals surface area contributed by atoms with Crippen molar-refractivity contribution in [3.05, 3.63) is 35.9 Å². The second-order valence-electron chi connectivity index (χ2n) is 6.31. The van der Waals surface area contributed by atoms with Gasteiger partial charge in [0.15, 0.2) is 0 Å². The summed E-state index contributed by atoms with van der Waals surface area (Å²) in [5, 5.41) is 15.2. The predicted octanol–water partition coefficient (Wildman–Crippen LogP) is 1.92. The summed E-state index contributed by atoms with van der Waals surface area (Å²) in [4.78, 5) is 24.2. The first-order valence-corrected chi connectivity index (χ1v) is 8.35. The van der Waals surface area contributed by atoms with E-state index in [1.54, 1.807) is 0 Å². The van der Waals surface area contributed by atoms with Crippen molar-refractivity contribution < 1.29 is 14.7 Å². The summed E-state index contributed by atoms with van der Waals surface area (Å²) in [6, 6.07) is 8.74. The highest BCUT2D eigenvalue weighted by Crippen LogP contribution is 2.24. The number of rotatable bonds is 7. The number of amides is 2. The normalized spacial score (nSPS) is 17.5. The molecule has 2 atom stereocenters. The minimum atomic E-state index is -0.415. The molecule has 0 aliphatic heterocycles. The zero-order valence-corrected chi connectivity index (χ0v) is 13.6. The summed E-state index contributed by atoms with van der Waals surface area (Å²) < 4.78 is 0. The molecule has 2 rings (SSSR count). The molecule has 0 aromatic heterocycles. The van der Waals surface area contributed by atoms with E-state index in [1.165, 1.54) is 0 Å². The molecule has 0 radical (unpaired) electrons. The molecule has 1 aromatic carbocycles. The largest absolute Gasteiger partial charge is 0.394 e. The van der Waals surface area contributed by atoms with Gasteiger partial charge in [-0.05, 0) is 25.3 Å². The zero-order chi connectivity index (χ0) is 16.7. The number of hydrogen-bond acceptors (Lipinski definition) is 3. The van der Waals surface area contributed by atoms with Crippen LogP contribution in [-0.2, 0) is 9.59 Å². The van der Waals surface area contributed by atoms with Crippen molar-refractivity contribution in [2.24, 2.45) is 5.92 Å². The van der Waals surface area contributed by atoms with Crippen molar-refractivity contribution in [2.45, 2.75) is 51.1 Å². The van der Waals surface area contributed by atoms with Crippen molar-refractivity contribution in [3.8, 4) is 0 Å². The minimum absolute atomic E-state index is 0.0598. The Morgan fingerprint density at radius 3 is 2.43 bits per heavy atom. The van der Waals surface area contributed by atoms with Gasteiger partial charge in [-0.3, -0.25) is 9.59 Å². The van der Waals surface area contributed by atoms with Crippen molar-refractivity contribution >= 4 is 11.8 Å². The Morgan fingerprint density at radius 1 is 1.17 bits per heavy atom. The van der Waals surface area contributed by atoms with Crippen LogP contribution in [0.25, 0.3) is 0 Å². The molecule has 23 heavy (non-hydrogen) atoms. The highest BCUT2D eigenvalue weighted by atomic mass is 16.3. The van der Waals surface area contributed by atoms with Crippen LogP contribution in [0.4, 0.5) is 0 Å². The average Bonchev–Trinajstić information content (AvgIpc) is 3.07. The molecule has 1 aliphatic rings. The molecule has 5 nitrogen and oxygen atoms in total. The van der Waals surface area contributed by atoms with Crippen LogP contribution < -0.4 is 10.6 Å². The van der Waals surface area contributed by atoms with E-state index in [-0.39, 0.29) is 36.8 Å². The van der Waals surface area contributed by atoms with Crippen LogP contribution in [0.3, 0.4) is 0 Å². The Bertz CT molecular complexity index is 512. The van der Waals surface area contributed by atoms with Gasteiger partial charge < -0.3 is 15.7 Å². The molecule has 0 saturated heterocycles. The highest BCUT2D eigenvalue weighted by molar-refractivity contribution is 5.81. The Morgan fingerprint density at radius 2 is 1.83 bits per heavy atom. The molecule has 1 saturated carbocycles. The fourth-order valence-corrected chi connectivity index (χ4v) is 3.05. The smallest absolute Gasteiger partial charge is 0.223 e. The lowest BCUT2D eigenvalue weighted by atomic mass is 10.1. The van der Waals surface area contributed by atoms with Crippen LogP contribution in [0.1, 0.15) is 50.6 Å². The maximum Gasteiger partial charge on any atom is 0.223 e. The van der Waals surface area contributed by atoms with E-state index < -0.39 is 6.04 Å². The molecule has 0 heterocycles. The lowest BCUT2D eigenvalue weighted by molar-refractivity contribution is -0.126. The third-order valence-electron chi connectivity index (χ3n) is 4.33. The van der Waals surface area contributed by atoms with Gasteiger partial charge in [0.2, 0.25) is 11.8 Å². The summed E-state index contributed by atoms with van der Waals surface area (Å²) in [5.74, 6) is -0.00767. The van der Waals surface area contributed by atoms with Gasteiger partial charge in [0, 0.05) is 18.4 Å². The van der Waals surface area contributed by atoms with Gasteiger partial charge >= 0.3 is 0 Å². The van der Waals surface area contributed by atoms with E-state index in [0.717, 1.165) is 31.2 Å². The molecule has 126 valence electrons. The SMILES string of the molecule is CC(CC(=O)NC(CO)c1ccccc1)NC(=O)C1CCCC1. The quantitative estimate of drug-likeness (QED) is 0.719. The van der Waals surface area contributed by atoms with Gasteiger partial charge in [0.25, 0.3) is 0 Å². The number of nitrogens with one attached hydrogen (secondary N) is 2. The summed E-state index contributed by atoms with van der Waals surface area (Å²) in [6.45, 7) is 1.68. The van der Waals surface area contributed by atoms with E-state index in [1.807, 2.05) is 37.3 Å². The van der Waals surface area contributed by atoms with Gasteiger partial charge in [0.05, 0.1) is 12.6 Å². The van der Waals surface area contributed by atoms with E-state index in [9.17, 15) is 14.7 Å². The Hall–Kier alpha value is -1.88. The number of hydrogen-bond donors (Lipinski definition) is 3. The number of carbonyl (C=O) groups excluding carboxylic acids is 2. The van der Waals surface area contributed by atoms with Crippen LogP contribution in [0.5, 0.6) is 0 Å². The number of benzene rings is 1. The molecule has 3 N–H and O–H groups in total. The lowest BCUT2D eigenvalue weighted by Crippen LogP contribution is -2.40. The lowest BCUT2D eigenvalue weighted by Gasteiger charge is -2.20. The van der Waals surface area contributed by atoms with Crippen molar-refractivity contribution in [3.63, 3.8) is 0 Å². The van der Waals surface area contributed by atoms with Gasteiger partial charge in [-0.1, -0.05) is 43.2 Å². The fourth-order valence-electron chi connectivity index (χ4n) is 3.05. The molecule has 5 heteroatoms. The van der Waals surface area contributed by atoms with Crippen LogP contribution >= 0.6 is 0 Å². The van der Waals surface area contributed by atoms with Gasteiger partial charge in [-0.15, -0.1) is 0 Å². The standard InChI is InChI=1S/C18H26N2O3/c1-13(19-18(23)15-9-5-6-10-15)11-17(22)20-16(12-21)14-7-3-2-4-8-14/h2-4,7-8,13,15-16,21H,5-6,9-12H2,1H3,(H,19,23)(H,20,22). The number of aliphatic hydroxyl groups excluding tert-OH is 1. The first-order chi connectivity index (χ1) is 11.1. The summed E-state index contributed by atoms with van der Waals surface area (Å²) >= 11 is 0. The molecule has 1 aromatic rings. The predicted molar refractivity (Wildman–Crippen MR) is 88.6 cm³/mol. The fraction of sp³-hybridized carbons (Fsp3) is 0.556. The van der Waals surface area contributed by atoms with E-state index in [4.69, 9.17) is 0 Å². The average molecular weight is 318 g/mol. The van der Waals surface area contributed by atoms with E-state index >= 15 is 0 Å². The van der Waals surface area contributed by atoms with Gasteiger partial charge in [0.1, 0.15) is 0 Å². The molecule has 2 amide bonds.